The van der Waals surface area contributed by atoms with Crippen LogP contribution in [0.1, 0.15) is 38.4 Å². The van der Waals surface area contributed by atoms with Gasteiger partial charge in [0.05, 0.1) is 0 Å². The number of nitrogens with two attached hydrogens (primary N) is 1. The van der Waals surface area contributed by atoms with Crippen molar-refractivity contribution < 1.29 is 14.3 Å². The summed E-state index contributed by atoms with van der Waals surface area (Å²) in [5.74, 6) is 4.91. The summed E-state index contributed by atoms with van der Waals surface area (Å²) in [6, 6.07) is 5.65. The molecule has 1 fully saturated rings. The van der Waals surface area contributed by atoms with Gasteiger partial charge in [-0.3, -0.25) is 4.79 Å². The summed E-state index contributed by atoms with van der Waals surface area (Å²) in [6.45, 7) is 1.59. The summed E-state index contributed by atoms with van der Waals surface area (Å²) >= 11 is 0. The lowest BCUT2D eigenvalue weighted by Crippen LogP contribution is -2.34. The van der Waals surface area contributed by atoms with Gasteiger partial charge in [0.2, 0.25) is 5.79 Å². The third-order valence-electron chi connectivity index (χ3n) is 4.59. The van der Waals surface area contributed by atoms with E-state index in [1.165, 1.54) is 6.92 Å². The normalized spacial score (nSPS) is 15.9. The van der Waals surface area contributed by atoms with Crippen LogP contribution in [0.5, 0.6) is 0 Å². The van der Waals surface area contributed by atoms with E-state index in [0.29, 0.717) is 24.2 Å². The van der Waals surface area contributed by atoms with Crippen LogP contribution < -0.4 is 5.84 Å². The Morgan fingerprint density at radius 2 is 1.85 bits per heavy atom. The lowest BCUT2D eigenvalue weighted by molar-refractivity contribution is -0.233. The van der Waals surface area contributed by atoms with Crippen LogP contribution >= 0.6 is 0 Å². The largest absolute Gasteiger partial charge is 0.433 e. The molecular formula is C18H20N6O3. The maximum Gasteiger partial charge on any atom is 0.305 e. The second-order valence-corrected chi connectivity index (χ2v) is 6.61. The van der Waals surface area contributed by atoms with Crippen LogP contribution in [0, 0.1) is 0 Å². The zero-order valence-corrected chi connectivity index (χ0v) is 15.0. The zero-order valence-electron chi connectivity index (χ0n) is 15.0. The van der Waals surface area contributed by atoms with Crippen molar-refractivity contribution in [2.45, 2.75) is 45.0 Å². The molecule has 1 aliphatic carbocycles. The number of nitrogen functional groups attached to an aromatic ring is 1. The molecule has 4 rings (SSSR count). The fourth-order valence-electron chi connectivity index (χ4n) is 3.34. The first-order valence-electron chi connectivity index (χ1n) is 8.80. The zero-order chi connectivity index (χ0) is 18.9. The number of hydrogen-bond donors (Lipinski definition) is 1. The fourth-order valence-corrected chi connectivity index (χ4v) is 3.34. The van der Waals surface area contributed by atoms with Gasteiger partial charge in [-0.05, 0) is 30.5 Å². The van der Waals surface area contributed by atoms with Crippen LogP contribution in [0.25, 0.3) is 22.2 Å². The summed E-state index contributed by atoms with van der Waals surface area (Å²) < 4.78 is 11.3. The molecule has 1 aromatic carbocycles. The van der Waals surface area contributed by atoms with Gasteiger partial charge < -0.3 is 15.3 Å². The van der Waals surface area contributed by atoms with Crippen LogP contribution in [-0.4, -0.2) is 36.8 Å². The predicted octanol–water partition coefficient (Wildman–Crippen LogP) is 1.95. The maximum atomic E-state index is 11.4. The van der Waals surface area contributed by atoms with Crippen molar-refractivity contribution in [1.82, 2.24) is 25.1 Å². The molecule has 0 spiro atoms. The Balaban J connectivity index is 1.47. The van der Waals surface area contributed by atoms with Gasteiger partial charge in [0, 0.05) is 37.7 Å². The molecule has 3 aromatic rings. The highest BCUT2D eigenvalue weighted by atomic mass is 16.7. The maximum absolute atomic E-state index is 11.4. The number of aromatic nitrogens is 5. The minimum atomic E-state index is -0.840. The number of nitrogens with zero attached hydrogens (tertiary/aromatic N) is 5. The van der Waals surface area contributed by atoms with Gasteiger partial charge in [-0.2, -0.15) is 0 Å². The molecule has 2 N–H and O–H groups in total. The van der Waals surface area contributed by atoms with Crippen LogP contribution in [0.2, 0.25) is 0 Å². The topological polar surface area (TPSA) is 118 Å². The number of carbonyl (C=O) groups excluding carboxylic acids is 1. The highest BCUT2D eigenvalue weighted by Crippen LogP contribution is 2.35. The molecule has 2 aromatic heterocycles. The Morgan fingerprint density at radius 1 is 1.15 bits per heavy atom. The van der Waals surface area contributed by atoms with Crippen molar-refractivity contribution in [3.05, 3.63) is 36.4 Å². The van der Waals surface area contributed by atoms with Crippen molar-refractivity contribution in [2.24, 2.45) is 0 Å². The number of benzene rings is 1. The molecule has 0 saturated heterocycles. The van der Waals surface area contributed by atoms with E-state index in [9.17, 15) is 4.79 Å². The Hall–Kier alpha value is -3.07. The minimum absolute atomic E-state index is 0.189. The van der Waals surface area contributed by atoms with E-state index in [4.69, 9.17) is 15.3 Å². The lowest BCUT2D eigenvalue weighted by atomic mass is 10.1. The highest BCUT2D eigenvalue weighted by Gasteiger charge is 2.38. The van der Waals surface area contributed by atoms with Gasteiger partial charge in [0.25, 0.3) is 0 Å². The molecule has 140 valence electrons. The molecule has 27 heavy (non-hydrogen) atoms. The number of esters is 1. The van der Waals surface area contributed by atoms with Gasteiger partial charge in [-0.1, -0.05) is 11.0 Å². The quantitative estimate of drug-likeness (QED) is 0.412. The van der Waals surface area contributed by atoms with Crippen molar-refractivity contribution >= 4 is 17.0 Å². The van der Waals surface area contributed by atoms with Gasteiger partial charge in [-0.25, -0.2) is 9.97 Å². The second kappa shape index (κ2) is 6.92. The Labute approximate surface area is 155 Å². The van der Waals surface area contributed by atoms with E-state index in [-0.39, 0.29) is 12.6 Å². The summed E-state index contributed by atoms with van der Waals surface area (Å²) in [4.78, 5) is 21.1. The summed E-state index contributed by atoms with van der Waals surface area (Å²) in [7, 11) is 0. The van der Waals surface area contributed by atoms with E-state index in [2.05, 4.69) is 20.2 Å². The first-order chi connectivity index (χ1) is 13.0. The van der Waals surface area contributed by atoms with Crippen LogP contribution in [-0.2, 0) is 20.9 Å². The average molecular weight is 368 g/mol. The van der Waals surface area contributed by atoms with Crippen molar-refractivity contribution in [3.8, 4) is 11.1 Å². The summed E-state index contributed by atoms with van der Waals surface area (Å²) in [5.41, 5.74) is 3.19. The number of hydrogen-bond acceptors (Lipinski definition) is 8. The van der Waals surface area contributed by atoms with E-state index in [1.807, 2.05) is 18.2 Å². The first-order valence-corrected chi connectivity index (χ1v) is 8.80. The molecule has 2 heterocycles. The molecule has 0 radical (unpaired) electrons. The van der Waals surface area contributed by atoms with Crippen LogP contribution in [0.3, 0.4) is 0 Å². The summed E-state index contributed by atoms with van der Waals surface area (Å²) in [6.07, 6.45) is 6.81. The molecule has 0 amide bonds. The molecule has 9 nitrogen and oxygen atoms in total. The van der Waals surface area contributed by atoms with Gasteiger partial charge in [0.15, 0.2) is 5.82 Å². The highest BCUT2D eigenvalue weighted by molar-refractivity contribution is 5.80. The molecule has 1 aliphatic rings. The second-order valence-electron chi connectivity index (χ2n) is 6.61. The third kappa shape index (κ3) is 3.72. The van der Waals surface area contributed by atoms with Crippen molar-refractivity contribution in [3.63, 3.8) is 0 Å². The van der Waals surface area contributed by atoms with Gasteiger partial charge in [0.1, 0.15) is 17.6 Å². The lowest BCUT2D eigenvalue weighted by Gasteiger charge is -2.28. The minimum Gasteiger partial charge on any atom is -0.433 e. The number of fused-ring (bicyclic) bond motifs is 1. The fraction of sp³-hybridized carbons (Fsp3) is 0.389. The summed E-state index contributed by atoms with van der Waals surface area (Å²) in [5, 5.41) is 8.15. The monoisotopic (exact) mass is 368 g/mol. The first kappa shape index (κ1) is 17.3. The van der Waals surface area contributed by atoms with Gasteiger partial charge >= 0.3 is 5.97 Å². The number of ether oxygens (including phenoxy) is 2. The Bertz CT molecular complexity index is 963. The average Bonchev–Trinajstić information content (AvgIpc) is 3.25. The Kier molecular flexibility index (Phi) is 4.44. The van der Waals surface area contributed by atoms with Crippen LogP contribution in [0.4, 0.5) is 0 Å². The standard InChI is InChI=1S/C18H20N6O3/c1-12(25)27-18(6-2-3-7-18)26-11-17-20-9-14(10-21-17)13-4-5-15-16(8-13)23-24(19)22-15/h4-5,8-10H,2-3,6-7,11,19H2,1H3. The van der Waals surface area contributed by atoms with E-state index in [0.717, 1.165) is 34.4 Å². The molecule has 9 heteroatoms. The SMILES string of the molecule is CC(=O)OC1(OCc2ncc(-c3ccc4nn(N)nc4c3)cn2)CCCC1. The van der Waals surface area contributed by atoms with E-state index < -0.39 is 5.79 Å². The molecule has 0 aliphatic heterocycles. The van der Waals surface area contributed by atoms with Gasteiger partial charge in [-0.15, -0.1) is 10.2 Å². The third-order valence-corrected chi connectivity index (χ3v) is 4.59. The Morgan fingerprint density at radius 3 is 2.56 bits per heavy atom. The molecule has 0 bridgehead atoms. The molecule has 0 atom stereocenters. The molecule has 1 saturated carbocycles. The number of carbonyl (C=O) groups is 1. The number of rotatable bonds is 5. The van der Waals surface area contributed by atoms with Crippen molar-refractivity contribution in [1.29, 1.82) is 0 Å². The predicted molar refractivity (Wildman–Crippen MR) is 96.5 cm³/mol. The van der Waals surface area contributed by atoms with Crippen molar-refractivity contribution in [2.75, 3.05) is 5.84 Å². The smallest absolute Gasteiger partial charge is 0.305 e. The van der Waals surface area contributed by atoms with Crippen LogP contribution in [0.15, 0.2) is 30.6 Å². The van der Waals surface area contributed by atoms with E-state index in [1.54, 1.807) is 12.4 Å². The van der Waals surface area contributed by atoms with E-state index >= 15 is 0 Å². The molecular weight excluding hydrogens is 348 g/mol. The molecule has 0 unspecified atom stereocenters.